The Bertz CT molecular complexity index is 442. The largest absolute Gasteiger partial charge is 0.353 e. The van der Waals surface area contributed by atoms with Gasteiger partial charge in [0.15, 0.2) is 10.8 Å². The molecule has 0 atom stereocenters. The topological polar surface area (TPSA) is 51.0 Å². The molecule has 0 aliphatic carbocycles. The van der Waals surface area contributed by atoms with Gasteiger partial charge in [-0.15, -0.1) is 11.3 Å². The Hall–Kier alpha value is -1.20. The van der Waals surface area contributed by atoms with Crippen molar-refractivity contribution in [1.82, 2.24) is 15.5 Å². The second kappa shape index (κ2) is 4.35. The Kier molecular flexibility index (Phi) is 3.07. The minimum atomic E-state index is 0.0836. The molecule has 0 spiro atoms. The first-order chi connectivity index (χ1) is 7.54. The van der Waals surface area contributed by atoms with Gasteiger partial charge in [-0.2, -0.15) is 0 Å². The molecular formula is C11H15N3OS. The van der Waals surface area contributed by atoms with Gasteiger partial charge in [-0.1, -0.05) is 5.16 Å². The summed E-state index contributed by atoms with van der Waals surface area (Å²) in [6.45, 7) is 7.07. The predicted octanol–water partition coefficient (Wildman–Crippen LogP) is 2.69. The van der Waals surface area contributed by atoms with Gasteiger partial charge in [0, 0.05) is 29.7 Å². The van der Waals surface area contributed by atoms with Gasteiger partial charge in [0.1, 0.15) is 0 Å². The molecule has 2 heterocycles. The average Bonchev–Trinajstić information content (AvgIpc) is 2.84. The van der Waals surface area contributed by atoms with Crippen LogP contribution in [-0.2, 0) is 6.54 Å². The van der Waals surface area contributed by atoms with Gasteiger partial charge in [-0.25, -0.2) is 4.98 Å². The minimum absolute atomic E-state index is 0.0836. The number of hydrogen-bond donors (Lipinski definition) is 1. The van der Waals surface area contributed by atoms with E-state index in [4.69, 9.17) is 4.52 Å². The van der Waals surface area contributed by atoms with Crippen molar-refractivity contribution in [3.05, 3.63) is 23.3 Å². The number of nitrogens with zero attached hydrogens (tertiary/aromatic N) is 2. The Morgan fingerprint density at radius 3 is 2.88 bits per heavy atom. The molecule has 0 bridgehead atoms. The van der Waals surface area contributed by atoms with E-state index in [1.165, 1.54) is 0 Å². The zero-order valence-corrected chi connectivity index (χ0v) is 10.5. The zero-order chi connectivity index (χ0) is 11.6. The Morgan fingerprint density at radius 1 is 1.44 bits per heavy atom. The van der Waals surface area contributed by atoms with Crippen LogP contribution < -0.4 is 5.32 Å². The van der Waals surface area contributed by atoms with E-state index in [0.717, 1.165) is 16.5 Å². The highest BCUT2D eigenvalue weighted by Gasteiger charge is 2.12. The van der Waals surface area contributed by atoms with Crippen molar-refractivity contribution in [3.63, 3.8) is 0 Å². The number of nitrogens with one attached hydrogen (secondary N) is 1. The first kappa shape index (κ1) is 11.3. The monoisotopic (exact) mass is 237 g/mol. The maximum atomic E-state index is 5.23. The predicted molar refractivity (Wildman–Crippen MR) is 64.2 cm³/mol. The fraction of sp³-hybridized carbons (Fsp3) is 0.455. The lowest BCUT2D eigenvalue weighted by atomic mass is 10.1. The number of rotatable bonds is 3. The van der Waals surface area contributed by atoms with Crippen LogP contribution >= 0.6 is 11.3 Å². The highest BCUT2D eigenvalue weighted by Crippen LogP contribution is 2.22. The first-order valence-corrected chi connectivity index (χ1v) is 6.03. The van der Waals surface area contributed by atoms with E-state index in [-0.39, 0.29) is 5.54 Å². The molecule has 5 heteroatoms. The fourth-order valence-corrected chi connectivity index (χ4v) is 1.78. The highest BCUT2D eigenvalue weighted by atomic mass is 32.1. The Morgan fingerprint density at radius 2 is 2.25 bits per heavy atom. The number of hydrogen-bond acceptors (Lipinski definition) is 5. The van der Waals surface area contributed by atoms with Crippen LogP contribution in [0.1, 0.15) is 26.5 Å². The van der Waals surface area contributed by atoms with Crippen LogP contribution in [0.4, 0.5) is 0 Å². The molecule has 2 rings (SSSR count). The first-order valence-electron chi connectivity index (χ1n) is 5.15. The van der Waals surface area contributed by atoms with E-state index in [2.05, 4.69) is 36.2 Å². The molecule has 2 aromatic rings. The molecule has 0 aliphatic heterocycles. The van der Waals surface area contributed by atoms with E-state index in [1.54, 1.807) is 17.5 Å². The summed E-state index contributed by atoms with van der Waals surface area (Å²) in [5.41, 5.74) is 0.987. The van der Waals surface area contributed by atoms with Crippen LogP contribution in [0.5, 0.6) is 0 Å². The summed E-state index contributed by atoms with van der Waals surface area (Å²) in [7, 11) is 0. The van der Waals surface area contributed by atoms with Gasteiger partial charge >= 0.3 is 0 Å². The molecule has 2 aromatic heterocycles. The molecule has 0 saturated heterocycles. The van der Waals surface area contributed by atoms with Crippen molar-refractivity contribution in [2.24, 2.45) is 0 Å². The molecule has 0 unspecified atom stereocenters. The van der Waals surface area contributed by atoms with Crippen molar-refractivity contribution >= 4 is 11.3 Å². The smallest absolute Gasteiger partial charge is 0.195 e. The van der Waals surface area contributed by atoms with Crippen molar-refractivity contribution in [3.8, 4) is 10.8 Å². The normalized spacial score (nSPS) is 11.9. The van der Waals surface area contributed by atoms with Gasteiger partial charge in [0.2, 0.25) is 0 Å². The second-order valence-electron chi connectivity index (χ2n) is 4.62. The molecule has 86 valence electrons. The van der Waals surface area contributed by atoms with Crippen LogP contribution in [0.2, 0.25) is 0 Å². The lowest BCUT2D eigenvalue weighted by Crippen LogP contribution is -2.35. The summed E-state index contributed by atoms with van der Waals surface area (Å²) in [6.07, 6.45) is 1.76. The molecule has 16 heavy (non-hydrogen) atoms. The average molecular weight is 237 g/mol. The van der Waals surface area contributed by atoms with E-state index in [9.17, 15) is 0 Å². The molecule has 0 aliphatic rings. The van der Waals surface area contributed by atoms with E-state index >= 15 is 0 Å². The van der Waals surface area contributed by atoms with Gasteiger partial charge < -0.3 is 9.84 Å². The summed E-state index contributed by atoms with van der Waals surface area (Å²) >= 11 is 1.55. The van der Waals surface area contributed by atoms with Crippen LogP contribution in [-0.4, -0.2) is 15.7 Å². The van der Waals surface area contributed by atoms with Crippen LogP contribution in [0.3, 0.4) is 0 Å². The van der Waals surface area contributed by atoms with Crippen molar-refractivity contribution in [2.75, 3.05) is 0 Å². The van der Waals surface area contributed by atoms with Gasteiger partial charge in [-0.05, 0) is 20.8 Å². The van der Waals surface area contributed by atoms with Crippen molar-refractivity contribution in [2.45, 2.75) is 32.9 Å². The third kappa shape index (κ3) is 2.90. The maximum Gasteiger partial charge on any atom is 0.195 e. The molecule has 0 amide bonds. The lowest BCUT2D eigenvalue weighted by Gasteiger charge is -2.19. The standard InChI is InChI=1S/C11H15N3OS/c1-11(2,3)13-7-8-6-9(15-14-8)10-12-4-5-16-10/h4-6,13H,7H2,1-3H3. The van der Waals surface area contributed by atoms with E-state index < -0.39 is 0 Å². The van der Waals surface area contributed by atoms with Crippen molar-refractivity contribution < 1.29 is 4.52 Å². The Labute approximate surface area is 98.7 Å². The van der Waals surface area contributed by atoms with Crippen LogP contribution in [0.15, 0.2) is 22.2 Å². The van der Waals surface area contributed by atoms with E-state index in [1.807, 2.05) is 11.4 Å². The summed E-state index contributed by atoms with van der Waals surface area (Å²) in [6, 6.07) is 1.93. The maximum absolute atomic E-state index is 5.23. The molecule has 0 saturated carbocycles. The lowest BCUT2D eigenvalue weighted by molar-refractivity contribution is 0.392. The zero-order valence-electron chi connectivity index (χ0n) is 9.65. The summed E-state index contributed by atoms with van der Waals surface area (Å²) < 4.78 is 5.23. The van der Waals surface area contributed by atoms with Crippen molar-refractivity contribution in [1.29, 1.82) is 0 Å². The molecule has 0 radical (unpaired) electrons. The third-order valence-corrected chi connectivity index (χ3v) is 2.79. The summed E-state index contributed by atoms with van der Waals surface area (Å²) in [5, 5.41) is 10.2. The molecule has 4 nitrogen and oxygen atoms in total. The van der Waals surface area contributed by atoms with E-state index in [0.29, 0.717) is 6.54 Å². The third-order valence-electron chi connectivity index (χ3n) is 2.00. The van der Waals surface area contributed by atoms with Gasteiger partial charge in [0.05, 0.1) is 5.69 Å². The minimum Gasteiger partial charge on any atom is -0.353 e. The molecular weight excluding hydrogens is 222 g/mol. The number of aromatic nitrogens is 2. The second-order valence-corrected chi connectivity index (χ2v) is 5.52. The molecule has 0 aromatic carbocycles. The fourth-order valence-electron chi connectivity index (χ4n) is 1.20. The quantitative estimate of drug-likeness (QED) is 0.891. The summed E-state index contributed by atoms with van der Waals surface area (Å²) in [4.78, 5) is 4.17. The highest BCUT2D eigenvalue weighted by molar-refractivity contribution is 7.13. The number of thiazole rings is 1. The molecule has 1 N–H and O–H groups in total. The van der Waals surface area contributed by atoms with Crippen LogP contribution in [0.25, 0.3) is 10.8 Å². The molecule has 0 fully saturated rings. The SMILES string of the molecule is CC(C)(C)NCc1cc(-c2nccs2)on1. The Balaban J connectivity index is 2.03. The van der Waals surface area contributed by atoms with Gasteiger partial charge in [0.25, 0.3) is 0 Å². The summed E-state index contributed by atoms with van der Waals surface area (Å²) in [5.74, 6) is 0.737. The van der Waals surface area contributed by atoms with Gasteiger partial charge in [-0.3, -0.25) is 0 Å². The van der Waals surface area contributed by atoms with Crippen LogP contribution in [0, 0.1) is 0 Å².